The minimum Gasteiger partial charge on any atom is -0.459 e. The smallest absolute Gasteiger partial charge is 0.330 e. The van der Waals surface area contributed by atoms with E-state index in [-0.39, 0.29) is 40.5 Å². The van der Waals surface area contributed by atoms with Crippen LogP contribution in [0.1, 0.15) is 72.6 Å². The minimum atomic E-state index is -0.366. The molecular formula is C17H34BrNO2. The molecule has 0 aromatic carbocycles. The van der Waals surface area contributed by atoms with Gasteiger partial charge in [-0.15, -0.1) is 17.0 Å². The van der Waals surface area contributed by atoms with E-state index in [0.717, 1.165) is 12.8 Å². The predicted octanol–water partition coefficient (Wildman–Crippen LogP) is 4.79. The van der Waals surface area contributed by atoms with Gasteiger partial charge < -0.3 is 10.5 Å². The first-order valence-corrected chi connectivity index (χ1v) is 7.94. The molecule has 3 nitrogen and oxygen atoms in total. The predicted molar refractivity (Wildman–Crippen MR) is 95.8 cm³/mol. The van der Waals surface area contributed by atoms with E-state index in [1.54, 1.807) is 0 Å². The fourth-order valence-electron chi connectivity index (χ4n) is 2.67. The van der Waals surface area contributed by atoms with Crippen LogP contribution in [0, 0.1) is 5.92 Å². The number of rotatable bonds is 11. The molecule has 0 aliphatic rings. The molecule has 0 aromatic heterocycles. The molecule has 2 atom stereocenters. The maximum absolute atomic E-state index is 11.3. The lowest BCUT2D eigenvalue weighted by Crippen LogP contribution is -2.47. The summed E-state index contributed by atoms with van der Waals surface area (Å²) in [5, 5.41) is 0. The number of hydrogen-bond donors (Lipinski definition) is 1. The number of carbonyl (C=O) groups excluding carboxylic acids is 1. The van der Waals surface area contributed by atoms with E-state index in [1.165, 1.54) is 38.2 Å². The zero-order valence-corrected chi connectivity index (χ0v) is 15.9. The van der Waals surface area contributed by atoms with E-state index in [9.17, 15) is 4.79 Å². The Labute approximate surface area is 141 Å². The third-order valence-electron chi connectivity index (χ3n) is 3.86. The molecule has 0 spiro atoms. The van der Waals surface area contributed by atoms with Crippen molar-refractivity contribution in [3.63, 3.8) is 0 Å². The van der Waals surface area contributed by atoms with Gasteiger partial charge in [0.15, 0.2) is 0 Å². The van der Waals surface area contributed by atoms with Crippen LogP contribution >= 0.6 is 17.0 Å². The fraction of sp³-hybridized carbons (Fsp3) is 0.824. The molecular weight excluding hydrogens is 330 g/mol. The highest BCUT2D eigenvalue weighted by molar-refractivity contribution is 8.93. The first kappa shape index (κ1) is 22.9. The number of hydrogen-bond acceptors (Lipinski definition) is 3. The van der Waals surface area contributed by atoms with E-state index in [4.69, 9.17) is 10.5 Å². The molecule has 21 heavy (non-hydrogen) atoms. The lowest BCUT2D eigenvalue weighted by molar-refractivity contribution is -0.145. The van der Waals surface area contributed by atoms with Gasteiger partial charge in [-0.25, -0.2) is 4.79 Å². The zero-order chi connectivity index (χ0) is 15.6. The van der Waals surface area contributed by atoms with Gasteiger partial charge in [-0.1, -0.05) is 52.0 Å². The summed E-state index contributed by atoms with van der Waals surface area (Å²) >= 11 is 0. The highest BCUT2D eigenvalue weighted by Gasteiger charge is 2.31. The Morgan fingerprint density at radius 2 is 1.76 bits per heavy atom. The summed E-state index contributed by atoms with van der Waals surface area (Å²) in [6.45, 7) is 11.6. The lowest BCUT2D eigenvalue weighted by atomic mass is 9.80. The SMILES string of the molecule is Br.C=CC(=O)OC(C)C(CCCCCCCC)C(C)(C)N. The lowest BCUT2D eigenvalue weighted by Gasteiger charge is -2.34. The number of esters is 1. The molecule has 0 heterocycles. The van der Waals surface area contributed by atoms with Crippen molar-refractivity contribution in [2.45, 2.75) is 84.3 Å². The molecule has 0 bridgehead atoms. The van der Waals surface area contributed by atoms with Crippen LogP contribution in [0.2, 0.25) is 0 Å². The Hall–Kier alpha value is -0.350. The molecule has 0 aromatic rings. The molecule has 4 heteroatoms. The van der Waals surface area contributed by atoms with Gasteiger partial charge in [0.05, 0.1) is 0 Å². The normalized spacial score (nSPS) is 14.0. The van der Waals surface area contributed by atoms with Crippen molar-refractivity contribution in [1.29, 1.82) is 0 Å². The summed E-state index contributed by atoms with van der Waals surface area (Å²) < 4.78 is 5.35. The molecule has 0 rings (SSSR count). The average molecular weight is 364 g/mol. The van der Waals surface area contributed by atoms with E-state index < -0.39 is 0 Å². The van der Waals surface area contributed by atoms with Crippen molar-refractivity contribution in [3.8, 4) is 0 Å². The molecule has 0 aliphatic carbocycles. The Morgan fingerprint density at radius 1 is 1.24 bits per heavy atom. The third kappa shape index (κ3) is 10.9. The largest absolute Gasteiger partial charge is 0.459 e. The van der Waals surface area contributed by atoms with Gasteiger partial charge in [-0.05, 0) is 27.2 Å². The maximum Gasteiger partial charge on any atom is 0.330 e. The van der Waals surface area contributed by atoms with Crippen LogP contribution in [-0.2, 0) is 9.53 Å². The Morgan fingerprint density at radius 3 is 2.24 bits per heavy atom. The molecule has 2 unspecified atom stereocenters. The minimum absolute atomic E-state index is 0. The topological polar surface area (TPSA) is 52.3 Å². The molecule has 0 radical (unpaired) electrons. The van der Waals surface area contributed by atoms with E-state index in [0.29, 0.717) is 0 Å². The van der Waals surface area contributed by atoms with Crippen LogP contribution in [-0.4, -0.2) is 17.6 Å². The van der Waals surface area contributed by atoms with Crippen LogP contribution in [0.15, 0.2) is 12.7 Å². The Balaban J connectivity index is 0. The Kier molecular flexibility index (Phi) is 13.3. The number of halogens is 1. The molecule has 0 fully saturated rings. The van der Waals surface area contributed by atoms with E-state index in [1.807, 2.05) is 20.8 Å². The van der Waals surface area contributed by atoms with Gasteiger partial charge in [-0.2, -0.15) is 0 Å². The van der Waals surface area contributed by atoms with Gasteiger partial charge in [0.1, 0.15) is 6.10 Å². The summed E-state index contributed by atoms with van der Waals surface area (Å²) in [5.41, 5.74) is 5.90. The van der Waals surface area contributed by atoms with Crippen LogP contribution in [0.5, 0.6) is 0 Å². The number of ether oxygens (including phenoxy) is 1. The molecule has 0 aliphatic heterocycles. The van der Waals surface area contributed by atoms with Gasteiger partial charge in [0.25, 0.3) is 0 Å². The second-order valence-corrected chi connectivity index (χ2v) is 6.33. The van der Waals surface area contributed by atoms with Gasteiger partial charge in [0, 0.05) is 17.5 Å². The summed E-state index contributed by atoms with van der Waals surface area (Å²) in [7, 11) is 0. The Bertz CT molecular complexity index is 287. The van der Waals surface area contributed by atoms with E-state index >= 15 is 0 Å². The van der Waals surface area contributed by atoms with Crippen molar-refractivity contribution in [1.82, 2.24) is 0 Å². The van der Waals surface area contributed by atoms with Gasteiger partial charge >= 0.3 is 5.97 Å². The van der Waals surface area contributed by atoms with Crippen LogP contribution in [0.4, 0.5) is 0 Å². The summed E-state index contributed by atoms with van der Waals surface area (Å²) in [4.78, 5) is 11.3. The van der Waals surface area contributed by atoms with Crippen molar-refractivity contribution in [2.75, 3.05) is 0 Å². The molecule has 0 saturated carbocycles. The molecule has 0 saturated heterocycles. The molecule has 126 valence electrons. The van der Waals surface area contributed by atoms with Gasteiger partial charge in [0.2, 0.25) is 0 Å². The first-order valence-electron chi connectivity index (χ1n) is 7.94. The van der Waals surface area contributed by atoms with Crippen molar-refractivity contribution in [3.05, 3.63) is 12.7 Å². The average Bonchev–Trinajstić information content (AvgIpc) is 2.35. The molecule has 0 amide bonds. The second kappa shape index (κ2) is 12.2. The summed E-state index contributed by atoms with van der Waals surface area (Å²) in [5.74, 6) is -0.188. The van der Waals surface area contributed by atoms with Crippen molar-refractivity contribution in [2.24, 2.45) is 11.7 Å². The summed E-state index contributed by atoms with van der Waals surface area (Å²) in [6.07, 6.45) is 9.60. The van der Waals surface area contributed by atoms with Crippen molar-refractivity contribution < 1.29 is 9.53 Å². The number of nitrogens with two attached hydrogens (primary N) is 1. The van der Waals surface area contributed by atoms with Crippen LogP contribution in [0.25, 0.3) is 0 Å². The van der Waals surface area contributed by atoms with E-state index in [2.05, 4.69) is 13.5 Å². The highest BCUT2D eigenvalue weighted by Crippen LogP contribution is 2.26. The fourth-order valence-corrected chi connectivity index (χ4v) is 2.67. The van der Waals surface area contributed by atoms with Crippen LogP contribution in [0.3, 0.4) is 0 Å². The monoisotopic (exact) mass is 363 g/mol. The maximum atomic E-state index is 11.3. The third-order valence-corrected chi connectivity index (χ3v) is 3.86. The summed E-state index contributed by atoms with van der Waals surface area (Å²) in [6, 6.07) is 0. The zero-order valence-electron chi connectivity index (χ0n) is 14.2. The number of carbonyl (C=O) groups is 1. The van der Waals surface area contributed by atoms with Gasteiger partial charge in [-0.3, -0.25) is 0 Å². The second-order valence-electron chi connectivity index (χ2n) is 6.33. The quantitative estimate of drug-likeness (QED) is 0.326. The molecule has 2 N–H and O–H groups in total. The number of unbranched alkanes of at least 4 members (excludes halogenated alkanes) is 5. The van der Waals surface area contributed by atoms with Crippen LogP contribution < -0.4 is 5.73 Å². The standard InChI is InChI=1S/C17H33NO2.BrH/c1-6-8-9-10-11-12-13-15(17(4,5)18)14(3)20-16(19)7-2;/h7,14-15H,2,6,8-13,18H2,1,3-5H3;1H. The first-order chi connectivity index (χ1) is 9.32. The highest BCUT2D eigenvalue weighted by atomic mass is 79.9. The van der Waals surface area contributed by atoms with Crippen molar-refractivity contribution >= 4 is 23.0 Å².